The number of rotatable bonds is 10. The zero-order chi connectivity index (χ0) is 25.2. The summed E-state index contributed by atoms with van der Waals surface area (Å²) in [6.07, 6.45) is 3.24. The van der Waals surface area contributed by atoms with Gasteiger partial charge in [0, 0.05) is 44.0 Å². The molecule has 1 aliphatic heterocycles. The standard InChI is InChI=1S/C25H35N5O5/c1-34-22-6-4-17(19(13-22)15-26)3-5-21(31)16-28-24(32)18-7-10-27-23(14-18)29-20-8-11-30(12-9-20)25(33)35-2/h4,6-7,10,13-14,20-21,31H,3,5,8-9,11-12,15-16,26H2,1-2H3,(H,27,29)(H,28,32). The predicted octanol–water partition coefficient (Wildman–Crippen LogP) is 1.92. The average Bonchev–Trinajstić information content (AvgIpc) is 2.90. The lowest BCUT2D eigenvalue weighted by Gasteiger charge is -2.31. The molecular weight excluding hydrogens is 450 g/mol. The van der Waals surface area contributed by atoms with Crippen LogP contribution in [0.5, 0.6) is 5.75 Å². The summed E-state index contributed by atoms with van der Waals surface area (Å²) in [5.41, 5.74) is 8.33. The van der Waals surface area contributed by atoms with Crippen LogP contribution in [0.25, 0.3) is 0 Å². The number of hydrogen-bond acceptors (Lipinski definition) is 8. The third-order valence-corrected chi connectivity index (χ3v) is 6.18. The van der Waals surface area contributed by atoms with Crippen molar-refractivity contribution in [3.63, 3.8) is 0 Å². The third kappa shape index (κ3) is 7.56. The summed E-state index contributed by atoms with van der Waals surface area (Å²) in [5.74, 6) is 1.07. The summed E-state index contributed by atoms with van der Waals surface area (Å²) in [6.45, 7) is 1.74. The van der Waals surface area contributed by atoms with Gasteiger partial charge in [-0.3, -0.25) is 4.79 Å². The molecular formula is C25H35N5O5. The van der Waals surface area contributed by atoms with Crippen LogP contribution in [-0.4, -0.2) is 73.0 Å². The number of nitrogens with two attached hydrogens (primary N) is 1. The monoisotopic (exact) mass is 485 g/mol. The Bertz CT molecular complexity index is 994. The fraction of sp³-hybridized carbons (Fsp3) is 0.480. The SMILES string of the molecule is COC(=O)N1CCC(Nc2cc(C(=O)NCC(O)CCc3ccc(OC)cc3CN)ccn2)CC1. The van der Waals surface area contributed by atoms with Gasteiger partial charge in [-0.15, -0.1) is 0 Å². The average molecular weight is 486 g/mol. The summed E-state index contributed by atoms with van der Waals surface area (Å²) in [4.78, 5) is 30.2. The number of carbonyl (C=O) groups is 2. The highest BCUT2D eigenvalue weighted by Gasteiger charge is 2.23. The maximum Gasteiger partial charge on any atom is 0.409 e. The number of aryl methyl sites for hydroxylation is 1. The number of benzene rings is 1. The molecule has 1 atom stereocenters. The van der Waals surface area contributed by atoms with Crippen LogP contribution in [0.1, 0.15) is 40.7 Å². The maximum atomic E-state index is 12.6. The largest absolute Gasteiger partial charge is 0.497 e. The van der Waals surface area contributed by atoms with Crippen molar-refractivity contribution in [3.8, 4) is 5.75 Å². The van der Waals surface area contributed by atoms with Gasteiger partial charge in [-0.25, -0.2) is 9.78 Å². The second-order valence-corrected chi connectivity index (χ2v) is 8.55. The van der Waals surface area contributed by atoms with Crippen LogP contribution in [0.2, 0.25) is 0 Å². The molecule has 0 bridgehead atoms. The van der Waals surface area contributed by atoms with Crippen molar-refractivity contribution in [2.75, 3.05) is 39.2 Å². The number of pyridine rings is 1. The number of nitrogens with zero attached hydrogens (tertiary/aromatic N) is 2. The van der Waals surface area contributed by atoms with Crippen molar-refractivity contribution in [3.05, 3.63) is 53.2 Å². The molecule has 0 radical (unpaired) electrons. The molecule has 1 saturated heterocycles. The van der Waals surface area contributed by atoms with Gasteiger partial charge in [-0.2, -0.15) is 0 Å². The highest BCUT2D eigenvalue weighted by Crippen LogP contribution is 2.20. The first-order chi connectivity index (χ1) is 16.9. The van der Waals surface area contributed by atoms with Gasteiger partial charge in [-0.1, -0.05) is 6.07 Å². The lowest BCUT2D eigenvalue weighted by Crippen LogP contribution is -2.42. The fourth-order valence-corrected chi connectivity index (χ4v) is 4.10. The van der Waals surface area contributed by atoms with E-state index in [2.05, 4.69) is 15.6 Å². The Morgan fingerprint density at radius 3 is 2.66 bits per heavy atom. The normalized spacial score (nSPS) is 14.8. The van der Waals surface area contributed by atoms with Crippen molar-refractivity contribution in [1.29, 1.82) is 0 Å². The van der Waals surface area contributed by atoms with E-state index in [1.165, 1.54) is 7.11 Å². The number of methoxy groups -OCH3 is 2. The smallest absolute Gasteiger partial charge is 0.409 e. The molecule has 1 fully saturated rings. The Labute approximate surface area is 205 Å². The van der Waals surface area contributed by atoms with Crippen LogP contribution in [0.4, 0.5) is 10.6 Å². The van der Waals surface area contributed by atoms with Gasteiger partial charge in [0.2, 0.25) is 0 Å². The van der Waals surface area contributed by atoms with E-state index < -0.39 is 6.10 Å². The van der Waals surface area contributed by atoms with E-state index in [4.69, 9.17) is 15.2 Å². The lowest BCUT2D eigenvalue weighted by atomic mass is 10.0. The van der Waals surface area contributed by atoms with Crippen molar-refractivity contribution < 1.29 is 24.2 Å². The van der Waals surface area contributed by atoms with E-state index in [9.17, 15) is 14.7 Å². The number of amides is 2. The Morgan fingerprint density at radius 2 is 1.97 bits per heavy atom. The molecule has 0 spiro atoms. The van der Waals surface area contributed by atoms with Gasteiger partial charge in [-0.05, 0) is 61.1 Å². The van der Waals surface area contributed by atoms with Crippen LogP contribution < -0.4 is 21.1 Å². The summed E-state index contributed by atoms with van der Waals surface area (Å²) in [5, 5.41) is 16.5. The molecule has 0 saturated carbocycles. The van der Waals surface area contributed by atoms with E-state index in [0.29, 0.717) is 43.9 Å². The maximum absolute atomic E-state index is 12.6. The molecule has 1 aromatic heterocycles. The van der Waals surface area contributed by atoms with E-state index >= 15 is 0 Å². The molecule has 2 heterocycles. The van der Waals surface area contributed by atoms with E-state index in [1.807, 2.05) is 18.2 Å². The molecule has 10 nitrogen and oxygen atoms in total. The Morgan fingerprint density at radius 1 is 1.20 bits per heavy atom. The Kier molecular flexibility index (Phi) is 9.68. The molecule has 35 heavy (non-hydrogen) atoms. The Balaban J connectivity index is 1.45. The van der Waals surface area contributed by atoms with Gasteiger partial charge in [0.25, 0.3) is 5.91 Å². The number of hydrogen-bond donors (Lipinski definition) is 4. The Hall–Kier alpha value is -3.37. The second kappa shape index (κ2) is 12.9. The first kappa shape index (κ1) is 26.2. The van der Waals surface area contributed by atoms with Gasteiger partial charge in [0.1, 0.15) is 11.6 Å². The highest BCUT2D eigenvalue weighted by atomic mass is 16.5. The minimum absolute atomic E-state index is 0.143. The quantitative estimate of drug-likeness (QED) is 0.400. The van der Waals surface area contributed by atoms with Crippen molar-refractivity contribution in [2.45, 2.75) is 44.4 Å². The number of aromatic nitrogens is 1. The zero-order valence-electron chi connectivity index (χ0n) is 20.3. The molecule has 2 aromatic rings. The van der Waals surface area contributed by atoms with Crippen LogP contribution in [0.3, 0.4) is 0 Å². The molecule has 0 aliphatic carbocycles. The predicted molar refractivity (Wildman–Crippen MR) is 132 cm³/mol. The first-order valence-corrected chi connectivity index (χ1v) is 11.8. The molecule has 1 unspecified atom stereocenters. The molecule has 1 aromatic carbocycles. The number of ether oxygens (including phenoxy) is 2. The van der Waals surface area contributed by atoms with Crippen molar-refractivity contribution >= 4 is 17.8 Å². The second-order valence-electron chi connectivity index (χ2n) is 8.55. The highest BCUT2D eigenvalue weighted by molar-refractivity contribution is 5.94. The summed E-state index contributed by atoms with van der Waals surface area (Å²) in [6, 6.07) is 9.22. The van der Waals surface area contributed by atoms with Gasteiger partial charge < -0.3 is 35.8 Å². The molecule has 10 heteroatoms. The van der Waals surface area contributed by atoms with Crippen LogP contribution in [0.15, 0.2) is 36.5 Å². The number of aliphatic hydroxyl groups excluding tert-OH is 1. The third-order valence-electron chi connectivity index (χ3n) is 6.18. The first-order valence-electron chi connectivity index (χ1n) is 11.8. The number of anilines is 1. The van der Waals surface area contributed by atoms with Gasteiger partial charge >= 0.3 is 6.09 Å². The van der Waals surface area contributed by atoms with Crippen LogP contribution in [0, 0.1) is 0 Å². The minimum atomic E-state index is -0.689. The number of likely N-dealkylation sites (tertiary alicyclic amines) is 1. The molecule has 1 aliphatic rings. The van der Waals surface area contributed by atoms with E-state index in [0.717, 1.165) is 29.7 Å². The van der Waals surface area contributed by atoms with Crippen LogP contribution in [-0.2, 0) is 17.7 Å². The fourth-order valence-electron chi connectivity index (χ4n) is 4.10. The van der Waals surface area contributed by atoms with E-state index in [-0.39, 0.29) is 24.6 Å². The van der Waals surface area contributed by atoms with Crippen molar-refractivity contribution in [2.24, 2.45) is 5.73 Å². The summed E-state index contributed by atoms with van der Waals surface area (Å²) >= 11 is 0. The molecule has 3 rings (SSSR count). The number of piperidine rings is 1. The number of aliphatic hydroxyl groups is 1. The van der Waals surface area contributed by atoms with Gasteiger partial charge in [0.15, 0.2) is 0 Å². The number of nitrogens with one attached hydrogen (secondary N) is 2. The molecule has 190 valence electrons. The lowest BCUT2D eigenvalue weighted by molar-refractivity contribution is 0.0910. The minimum Gasteiger partial charge on any atom is -0.497 e. The molecule has 2 amide bonds. The topological polar surface area (TPSA) is 139 Å². The zero-order valence-corrected chi connectivity index (χ0v) is 20.3. The van der Waals surface area contributed by atoms with Crippen LogP contribution >= 0.6 is 0 Å². The summed E-state index contributed by atoms with van der Waals surface area (Å²) in [7, 11) is 2.99. The molecule has 5 N–H and O–H groups in total. The summed E-state index contributed by atoms with van der Waals surface area (Å²) < 4.78 is 10.00. The van der Waals surface area contributed by atoms with Crippen molar-refractivity contribution in [1.82, 2.24) is 15.2 Å². The van der Waals surface area contributed by atoms with E-state index in [1.54, 1.807) is 30.3 Å². The van der Waals surface area contributed by atoms with Gasteiger partial charge in [0.05, 0.1) is 20.3 Å². The number of carbonyl (C=O) groups excluding carboxylic acids is 2.